The van der Waals surface area contributed by atoms with Gasteiger partial charge in [0.2, 0.25) is 0 Å². The van der Waals surface area contributed by atoms with Crippen LogP contribution in [0.1, 0.15) is 0 Å². The highest BCUT2D eigenvalue weighted by Gasteiger charge is 1.94. The van der Waals surface area contributed by atoms with Gasteiger partial charge in [-0.1, -0.05) is 0 Å². The van der Waals surface area contributed by atoms with Crippen molar-refractivity contribution < 1.29 is 0 Å². The van der Waals surface area contributed by atoms with Gasteiger partial charge in [0.05, 0.1) is 24.1 Å². The molecule has 0 aromatic carbocycles. The molecule has 0 radical (unpaired) electrons. The number of aromatic nitrogens is 3. The van der Waals surface area contributed by atoms with Crippen LogP contribution in [0.5, 0.6) is 0 Å². The van der Waals surface area contributed by atoms with Crippen LogP contribution in [0.2, 0.25) is 0 Å². The van der Waals surface area contributed by atoms with E-state index in [1.54, 1.807) is 23.1 Å². The Labute approximate surface area is 65.8 Å². The fourth-order valence-corrected chi connectivity index (χ4v) is 1.23. The van der Waals surface area contributed by atoms with Gasteiger partial charge in [-0.3, -0.25) is 4.98 Å². The summed E-state index contributed by atoms with van der Waals surface area (Å²) in [5.74, 6) is 0. The van der Waals surface area contributed by atoms with E-state index in [4.69, 9.17) is 0 Å². The zero-order valence-corrected chi connectivity index (χ0v) is 6.62. The Morgan fingerprint density at radius 1 is 1.40 bits per heavy atom. The molecule has 0 atom stereocenters. The van der Waals surface area contributed by atoms with Crippen molar-refractivity contribution in [1.29, 1.82) is 0 Å². The Bertz CT molecular complexity index is 355. The first kappa shape index (κ1) is 5.85. The molecule has 0 aliphatic rings. The maximum Gasteiger partial charge on any atom is 0.126 e. The Hall–Kier alpha value is -0.900. The molecular formula is C6H4BrN3. The molecule has 2 heterocycles. The second-order valence-corrected chi connectivity index (χ2v) is 2.71. The van der Waals surface area contributed by atoms with E-state index >= 15 is 0 Å². The molecule has 0 saturated heterocycles. The molecule has 0 bridgehead atoms. The maximum atomic E-state index is 4.05. The zero-order chi connectivity index (χ0) is 6.97. The summed E-state index contributed by atoms with van der Waals surface area (Å²) in [6, 6.07) is 1.90. The summed E-state index contributed by atoms with van der Waals surface area (Å²) in [6.07, 6.45) is 5.21. The van der Waals surface area contributed by atoms with Gasteiger partial charge in [0.15, 0.2) is 0 Å². The van der Waals surface area contributed by atoms with Crippen LogP contribution in [0.15, 0.2) is 29.3 Å². The molecule has 0 spiro atoms. The van der Waals surface area contributed by atoms with Crippen molar-refractivity contribution in [3.8, 4) is 0 Å². The van der Waals surface area contributed by atoms with E-state index in [9.17, 15) is 0 Å². The van der Waals surface area contributed by atoms with Gasteiger partial charge in [0, 0.05) is 0 Å². The quantitative estimate of drug-likeness (QED) is 0.641. The lowest BCUT2D eigenvalue weighted by atomic mass is 10.5. The number of rotatable bonds is 0. The number of hydrogen-bond acceptors (Lipinski definition) is 2. The van der Waals surface area contributed by atoms with Crippen molar-refractivity contribution in [1.82, 2.24) is 14.6 Å². The molecule has 0 amide bonds. The first-order valence-corrected chi connectivity index (χ1v) is 3.60. The standard InChI is InChI=1S/C6H4BrN3/c7-6-4-8-3-5-1-2-9-10(5)6/h1-4H. The SMILES string of the molecule is Brc1cncc2ccnn12. The lowest BCUT2D eigenvalue weighted by Gasteiger charge is -1.92. The van der Waals surface area contributed by atoms with E-state index < -0.39 is 0 Å². The first-order valence-electron chi connectivity index (χ1n) is 2.81. The van der Waals surface area contributed by atoms with E-state index in [1.165, 1.54) is 0 Å². The normalized spacial score (nSPS) is 10.5. The van der Waals surface area contributed by atoms with Gasteiger partial charge >= 0.3 is 0 Å². The summed E-state index contributed by atoms with van der Waals surface area (Å²) in [4.78, 5) is 3.98. The van der Waals surface area contributed by atoms with Crippen molar-refractivity contribution in [3.05, 3.63) is 29.3 Å². The van der Waals surface area contributed by atoms with Gasteiger partial charge in [0.1, 0.15) is 4.60 Å². The lowest BCUT2D eigenvalue weighted by Crippen LogP contribution is -1.88. The predicted octanol–water partition coefficient (Wildman–Crippen LogP) is 1.49. The van der Waals surface area contributed by atoms with Crippen LogP contribution in [0.25, 0.3) is 5.52 Å². The second-order valence-electron chi connectivity index (χ2n) is 1.90. The number of nitrogens with zero attached hydrogens (tertiary/aromatic N) is 3. The smallest absolute Gasteiger partial charge is 0.126 e. The van der Waals surface area contributed by atoms with Crippen LogP contribution < -0.4 is 0 Å². The summed E-state index contributed by atoms with van der Waals surface area (Å²) < 4.78 is 2.64. The minimum Gasteiger partial charge on any atom is -0.260 e. The third kappa shape index (κ3) is 0.724. The molecule has 0 N–H and O–H groups in total. The van der Waals surface area contributed by atoms with Crippen LogP contribution in [0.4, 0.5) is 0 Å². The summed E-state index contributed by atoms with van der Waals surface area (Å²) in [6.45, 7) is 0. The van der Waals surface area contributed by atoms with Crippen molar-refractivity contribution in [2.24, 2.45) is 0 Å². The summed E-state index contributed by atoms with van der Waals surface area (Å²) in [7, 11) is 0. The van der Waals surface area contributed by atoms with Crippen molar-refractivity contribution >= 4 is 21.4 Å². The van der Waals surface area contributed by atoms with E-state index in [-0.39, 0.29) is 0 Å². The molecule has 50 valence electrons. The molecule has 2 rings (SSSR count). The molecule has 0 unspecified atom stereocenters. The highest BCUT2D eigenvalue weighted by molar-refractivity contribution is 9.10. The van der Waals surface area contributed by atoms with Crippen LogP contribution in [0, 0.1) is 0 Å². The molecule has 2 aromatic rings. The van der Waals surface area contributed by atoms with Crippen LogP contribution in [-0.2, 0) is 0 Å². The third-order valence-electron chi connectivity index (χ3n) is 1.26. The Morgan fingerprint density at radius 3 is 3.10 bits per heavy atom. The number of halogens is 1. The minimum absolute atomic E-state index is 0.870. The molecule has 2 aromatic heterocycles. The Kier molecular flexibility index (Phi) is 1.20. The largest absolute Gasteiger partial charge is 0.260 e. The lowest BCUT2D eigenvalue weighted by molar-refractivity contribution is 0.919. The average Bonchev–Trinajstić information content (AvgIpc) is 2.36. The molecule has 3 nitrogen and oxygen atoms in total. The van der Waals surface area contributed by atoms with E-state index in [2.05, 4.69) is 26.0 Å². The van der Waals surface area contributed by atoms with Gasteiger partial charge in [-0.25, -0.2) is 4.52 Å². The minimum atomic E-state index is 0.870. The maximum absolute atomic E-state index is 4.05. The molecule has 10 heavy (non-hydrogen) atoms. The topological polar surface area (TPSA) is 30.2 Å². The molecule has 0 aliphatic carbocycles. The molecule has 0 fully saturated rings. The Morgan fingerprint density at radius 2 is 2.30 bits per heavy atom. The summed E-state index contributed by atoms with van der Waals surface area (Å²) in [5, 5.41) is 4.05. The van der Waals surface area contributed by atoms with Gasteiger partial charge in [-0.15, -0.1) is 0 Å². The van der Waals surface area contributed by atoms with Gasteiger partial charge in [0.25, 0.3) is 0 Å². The number of fused-ring (bicyclic) bond motifs is 1. The Balaban J connectivity index is 2.95. The number of hydrogen-bond donors (Lipinski definition) is 0. The van der Waals surface area contributed by atoms with Gasteiger partial charge in [-0.05, 0) is 22.0 Å². The fourth-order valence-electron chi connectivity index (χ4n) is 0.820. The summed E-state index contributed by atoms with van der Waals surface area (Å²) >= 11 is 3.31. The third-order valence-corrected chi connectivity index (χ3v) is 1.80. The van der Waals surface area contributed by atoms with Gasteiger partial charge < -0.3 is 0 Å². The first-order chi connectivity index (χ1) is 4.88. The predicted molar refractivity (Wildman–Crippen MR) is 40.7 cm³/mol. The van der Waals surface area contributed by atoms with Crippen molar-refractivity contribution in [2.45, 2.75) is 0 Å². The molecule has 0 saturated carbocycles. The summed E-state index contributed by atoms with van der Waals surface area (Å²) in [5.41, 5.74) is 0.995. The fraction of sp³-hybridized carbons (Fsp3) is 0. The van der Waals surface area contributed by atoms with Crippen molar-refractivity contribution in [3.63, 3.8) is 0 Å². The van der Waals surface area contributed by atoms with E-state index in [0.717, 1.165) is 10.1 Å². The van der Waals surface area contributed by atoms with Gasteiger partial charge in [-0.2, -0.15) is 5.10 Å². The van der Waals surface area contributed by atoms with Crippen LogP contribution in [0.3, 0.4) is 0 Å². The van der Waals surface area contributed by atoms with Crippen LogP contribution >= 0.6 is 15.9 Å². The molecular weight excluding hydrogens is 194 g/mol. The second kappa shape index (κ2) is 2.05. The highest BCUT2D eigenvalue weighted by atomic mass is 79.9. The van der Waals surface area contributed by atoms with E-state index in [1.807, 2.05) is 6.07 Å². The molecule has 4 heteroatoms. The monoisotopic (exact) mass is 197 g/mol. The molecule has 0 aliphatic heterocycles. The van der Waals surface area contributed by atoms with Crippen molar-refractivity contribution in [2.75, 3.05) is 0 Å². The van der Waals surface area contributed by atoms with Crippen LogP contribution in [-0.4, -0.2) is 14.6 Å². The van der Waals surface area contributed by atoms with E-state index in [0.29, 0.717) is 0 Å². The average molecular weight is 198 g/mol. The highest BCUT2D eigenvalue weighted by Crippen LogP contribution is 2.08. The zero-order valence-electron chi connectivity index (χ0n) is 5.03.